The lowest BCUT2D eigenvalue weighted by molar-refractivity contribution is -0.120. The van der Waals surface area contributed by atoms with E-state index < -0.39 is 0 Å². The van der Waals surface area contributed by atoms with Gasteiger partial charge >= 0.3 is 0 Å². The van der Waals surface area contributed by atoms with E-state index in [2.05, 4.69) is 5.32 Å². The first-order valence-electron chi connectivity index (χ1n) is 7.57. The number of amides is 2. The standard InChI is InChI=1S/C19H19N3O2/c1-13-7-6-9-17(14(13)2)21-19(24)12-22(15(3)23)18-10-5-4-8-16(18)11-20/h4-10H,12H2,1-3H3,(H,21,24). The third-order valence-electron chi connectivity index (χ3n) is 3.88. The molecule has 5 nitrogen and oxygen atoms in total. The summed E-state index contributed by atoms with van der Waals surface area (Å²) >= 11 is 0. The molecule has 122 valence electrons. The first-order chi connectivity index (χ1) is 11.4. The maximum absolute atomic E-state index is 12.4. The van der Waals surface area contributed by atoms with E-state index in [4.69, 9.17) is 0 Å². The number of rotatable bonds is 4. The van der Waals surface area contributed by atoms with Gasteiger partial charge in [0, 0.05) is 12.6 Å². The molecule has 0 aliphatic carbocycles. The third kappa shape index (κ3) is 3.79. The fraction of sp³-hybridized carbons (Fsp3) is 0.211. The Morgan fingerprint density at radius 2 is 1.83 bits per heavy atom. The average Bonchev–Trinajstić information content (AvgIpc) is 2.56. The predicted molar refractivity (Wildman–Crippen MR) is 93.7 cm³/mol. The van der Waals surface area contributed by atoms with Gasteiger partial charge in [-0.2, -0.15) is 5.26 Å². The van der Waals surface area contributed by atoms with Crippen LogP contribution >= 0.6 is 0 Å². The number of carbonyl (C=O) groups is 2. The number of nitrogens with zero attached hydrogens (tertiary/aromatic N) is 2. The van der Waals surface area contributed by atoms with Gasteiger partial charge in [0.15, 0.2) is 0 Å². The highest BCUT2D eigenvalue weighted by molar-refractivity contribution is 6.02. The maximum atomic E-state index is 12.4. The molecule has 24 heavy (non-hydrogen) atoms. The molecule has 0 unspecified atom stereocenters. The molecule has 0 atom stereocenters. The number of hydrogen-bond donors (Lipinski definition) is 1. The Balaban J connectivity index is 2.22. The van der Waals surface area contributed by atoms with E-state index in [0.29, 0.717) is 11.3 Å². The second-order valence-electron chi connectivity index (χ2n) is 5.53. The van der Waals surface area contributed by atoms with Crippen molar-refractivity contribution in [2.45, 2.75) is 20.8 Å². The summed E-state index contributed by atoms with van der Waals surface area (Å²) in [7, 11) is 0. The summed E-state index contributed by atoms with van der Waals surface area (Å²) in [5.74, 6) is -0.611. The van der Waals surface area contributed by atoms with Gasteiger partial charge in [-0.15, -0.1) is 0 Å². The zero-order chi connectivity index (χ0) is 17.7. The van der Waals surface area contributed by atoms with Crippen LogP contribution in [0.15, 0.2) is 42.5 Å². The molecule has 0 aromatic heterocycles. The van der Waals surface area contributed by atoms with Gasteiger partial charge in [0.05, 0.1) is 11.3 Å². The highest BCUT2D eigenvalue weighted by atomic mass is 16.2. The molecule has 0 spiro atoms. The quantitative estimate of drug-likeness (QED) is 0.940. The zero-order valence-corrected chi connectivity index (χ0v) is 14.0. The summed E-state index contributed by atoms with van der Waals surface area (Å²) in [4.78, 5) is 25.6. The van der Waals surface area contributed by atoms with Crippen molar-refractivity contribution in [2.24, 2.45) is 0 Å². The fourth-order valence-corrected chi connectivity index (χ4v) is 2.39. The largest absolute Gasteiger partial charge is 0.324 e. The molecule has 0 aliphatic heterocycles. The Labute approximate surface area is 141 Å². The van der Waals surface area contributed by atoms with Crippen LogP contribution in [0.4, 0.5) is 11.4 Å². The van der Waals surface area contributed by atoms with E-state index in [-0.39, 0.29) is 18.4 Å². The maximum Gasteiger partial charge on any atom is 0.244 e. The van der Waals surface area contributed by atoms with Crippen LogP contribution in [0.5, 0.6) is 0 Å². The van der Waals surface area contributed by atoms with E-state index >= 15 is 0 Å². The summed E-state index contributed by atoms with van der Waals surface area (Å²) in [6.07, 6.45) is 0. The van der Waals surface area contributed by atoms with Gasteiger partial charge in [0.2, 0.25) is 11.8 Å². The minimum atomic E-state index is -0.313. The molecule has 0 saturated heterocycles. The van der Waals surface area contributed by atoms with E-state index in [1.54, 1.807) is 24.3 Å². The monoisotopic (exact) mass is 321 g/mol. The van der Waals surface area contributed by atoms with Crippen LogP contribution in [-0.4, -0.2) is 18.4 Å². The molecular weight excluding hydrogens is 302 g/mol. The Hall–Kier alpha value is -3.13. The van der Waals surface area contributed by atoms with Crippen molar-refractivity contribution >= 4 is 23.2 Å². The normalized spacial score (nSPS) is 9.92. The van der Waals surface area contributed by atoms with E-state index in [9.17, 15) is 14.9 Å². The van der Waals surface area contributed by atoms with Crippen LogP contribution in [0.3, 0.4) is 0 Å². The van der Waals surface area contributed by atoms with Gasteiger partial charge in [-0.25, -0.2) is 0 Å². The van der Waals surface area contributed by atoms with Crippen molar-refractivity contribution < 1.29 is 9.59 Å². The van der Waals surface area contributed by atoms with Crippen LogP contribution in [0.2, 0.25) is 0 Å². The topological polar surface area (TPSA) is 73.2 Å². The molecule has 5 heteroatoms. The van der Waals surface area contributed by atoms with Crippen molar-refractivity contribution in [1.82, 2.24) is 0 Å². The lowest BCUT2D eigenvalue weighted by Gasteiger charge is -2.22. The minimum Gasteiger partial charge on any atom is -0.324 e. The number of nitrogens with one attached hydrogen (secondary N) is 1. The fourth-order valence-electron chi connectivity index (χ4n) is 2.39. The molecule has 0 heterocycles. The van der Waals surface area contributed by atoms with E-state index in [1.165, 1.54) is 11.8 Å². The Bertz CT molecular complexity index is 822. The Kier molecular flexibility index (Phi) is 5.33. The van der Waals surface area contributed by atoms with E-state index in [0.717, 1.165) is 16.8 Å². The van der Waals surface area contributed by atoms with Crippen LogP contribution in [0, 0.1) is 25.2 Å². The second-order valence-corrected chi connectivity index (χ2v) is 5.53. The smallest absolute Gasteiger partial charge is 0.244 e. The number of anilines is 2. The zero-order valence-electron chi connectivity index (χ0n) is 14.0. The summed E-state index contributed by atoms with van der Waals surface area (Å²) in [6.45, 7) is 5.12. The number of benzene rings is 2. The lowest BCUT2D eigenvalue weighted by Crippen LogP contribution is -2.37. The summed E-state index contributed by atoms with van der Waals surface area (Å²) in [5.41, 5.74) is 3.57. The van der Waals surface area contributed by atoms with Crippen molar-refractivity contribution in [1.29, 1.82) is 5.26 Å². The molecule has 0 saturated carbocycles. The van der Waals surface area contributed by atoms with Crippen LogP contribution < -0.4 is 10.2 Å². The molecule has 0 radical (unpaired) electrons. The molecule has 2 aromatic carbocycles. The molecule has 2 aromatic rings. The molecule has 0 bridgehead atoms. The van der Waals surface area contributed by atoms with Gasteiger partial charge < -0.3 is 10.2 Å². The number of hydrogen-bond acceptors (Lipinski definition) is 3. The summed E-state index contributed by atoms with van der Waals surface area (Å²) in [6, 6.07) is 14.4. The number of carbonyl (C=O) groups excluding carboxylic acids is 2. The van der Waals surface area contributed by atoms with Gasteiger partial charge in [-0.3, -0.25) is 9.59 Å². The van der Waals surface area contributed by atoms with Crippen LogP contribution in [0.25, 0.3) is 0 Å². The molecule has 1 N–H and O–H groups in total. The number of aryl methyl sites for hydroxylation is 1. The van der Waals surface area contributed by atoms with Crippen molar-refractivity contribution in [2.75, 3.05) is 16.8 Å². The van der Waals surface area contributed by atoms with Crippen molar-refractivity contribution in [3.63, 3.8) is 0 Å². The third-order valence-corrected chi connectivity index (χ3v) is 3.88. The highest BCUT2D eigenvalue weighted by Gasteiger charge is 2.19. The minimum absolute atomic E-state index is 0.151. The van der Waals surface area contributed by atoms with Crippen molar-refractivity contribution in [3.8, 4) is 6.07 Å². The SMILES string of the molecule is CC(=O)N(CC(=O)Nc1cccc(C)c1C)c1ccccc1C#N. The highest BCUT2D eigenvalue weighted by Crippen LogP contribution is 2.21. The van der Waals surface area contributed by atoms with Crippen molar-refractivity contribution in [3.05, 3.63) is 59.2 Å². The molecule has 0 fully saturated rings. The van der Waals surface area contributed by atoms with Gasteiger partial charge in [0.25, 0.3) is 0 Å². The number of nitriles is 1. The van der Waals surface area contributed by atoms with E-state index in [1.807, 2.05) is 38.1 Å². The van der Waals surface area contributed by atoms with Gasteiger partial charge in [0.1, 0.15) is 12.6 Å². The molecular formula is C19H19N3O2. The number of para-hydroxylation sites is 1. The predicted octanol–water partition coefficient (Wildman–Crippen LogP) is 3.17. The van der Waals surface area contributed by atoms with Crippen LogP contribution in [-0.2, 0) is 9.59 Å². The molecule has 0 aliphatic rings. The lowest BCUT2D eigenvalue weighted by atomic mass is 10.1. The first-order valence-corrected chi connectivity index (χ1v) is 7.57. The second kappa shape index (κ2) is 7.42. The Morgan fingerprint density at radius 3 is 2.50 bits per heavy atom. The summed E-state index contributed by atoms with van der Waals surface area (Å²) < 4.78 is 0. The average molecular weight is 321 g/mol. The summed E-state index contributed by atoms with van der Waals surface area (Å²) in [5, 5.41) is 12.0. The van der Waals surface area contributed by atoms with Crippen LogP contribution in [0.1, 0.15) is 23.6 Å². The Morgan fingerprint density at radius 1 is 1.12 bits per heavy atom. The van der Waals surface area contributed by atoms with Gasteiger partial charge in [-0.05, 0) is 43.2 Å². The first kappa shape index (κ1) is 17.2. The molecule has 2 rings (SSSR count). The molecule has 2 amide bonds. The van der Waals surface area contributed by atoms with Gasteiger partial charge in [-0.1, -0.05) is 24.3 Å².